The van der Waals surface area contributed by atoms with E-state index in [-0.39, 0.29) is 18.0 Å². The molecule has 8 heteroatoms. The highest BCUT2D eigenvalue weighted by Gasteiger charge is 2.18. The summed E-state index contributed by atoms with van der Waals surface area (Å²) >= 11 is 0. The molecular weight excluding hydrogens is 270 g/mol. The van der Waals surface area contributed by atoms with E-state index in [1.54, 1.807) is 10.6 Å². The Morgan fingerprint density at radius 1 is 1.53 bits per heavy atom. The highest BCUT2D eigenvalue weighted by Crippen LogP contribution is 2.15. The van der Waals surface area contributed by atoms with Crippen LogP contribution in [-0.2, 0) is 29.7 Å². The van der Waals surface area contributed by atoms with Gasteiger partial charge in [-0.1, -0.05) is 5.16 Å². The number of aliphatic hydroxyl groups excluding tert-OH is 1. The zero-order chi connectivity index (χ0) is 13.9. The van der Waals surface area contributed by atoms with Gasteiger partial charge in [-0.05, 0) is 13.0 Å². The fourth-order valence-electron chi connectivity index (χ4n) is 1.68. The number of nitrogens with zero attached hydrogens (tertiary/aromatic N) is 2. The second kappa shape index (κ2) is 5.55. The number of rotatable bonds is 6. The molecule has 0 bridgehead atoms. The van der Waals surface area contributed by atoms with Gasteiger partial charge in [0, 0.05) is 24.5 Å². The van der Waals surface area contributed by atoms with Gasteiger partial charge in [-0.15, -0.1) is 0 Å². The molecule has 0 saturated heterocycles. The summed E-state index contributed by atoms with van der Waals surface area (Å²) < 4.78 is 33.0. The molecule has 104 valence electrons. The lowest BCUT2D eigenvalue weighted by Crippen LogP contribution is -2.22. The van der Waals surface area contributed by atoms with Gasteiger partial charge in [-0.25, -0.2) is 13.1 Å². The minimum absolute atomic E-state index is 0.0358. The first-order valence-electron chi connectivity index (χ1n) is 5.76. The number of aryl methyl sites for hydroxylation is 1. The third-order valence-electron chi connectivity index (χ3n) is 2.70. The number of aromatic nitrogens is 2. The SMILES string of the molecule is CCn1cc(S(=O)(=O)NCc2ccno2)cc1CO. The average molecular weight is 285 g/mol. The Hall–Kier alpha value is -1.64. The molecule has 0 radical (unpaired) electrons. The van der Waals surface area contributed by atoms with Crippen LogP contribution < -0.4 is 4.72 Å². The molecular formula is C11H15N3O4S. The van der Waals surface area contributed by atoms with Crippen molar-refractivity contribution in [2.75, 3.05) is 0 Å². The van der Waals surface area contributed by atoms with E-state index in [0.29, 0.717) is 18.0 Å². The first-order valence-corrected chi connectivity index (χ1v) is 7.24. The molecule has 0 aliphatic rings. The second-order valence-electron chi connectivity index (χ2n) is 3.91. The predicted molar refractivity (Wildman–Crippen MR) is 66.6 cm³/mol. The van der Waals surface area contributed by atoms with E-state index in [2.05, 4.69) is 9.88 Å². The fourth-order valence-corrected chi connectivity index (χ4v) is 2.74. The molecule has 2 N–H and O–H groups in total. The maximum atomic E-state index is 12.1. The predicted octanol–water partition coefficient (Wildman–Crippen LogP) is 0.467. The van der Waals surface area contributed by atoms with E-state index in [0.717, 1.165) is 0 Å². The maximum absolute atomic E-state index is 12.1. The molecule has 0 atom stereocenters. The van der Waals surface area contributed by atoms with Crippen molar-refractivity contribution < 1.29 is 18.0 Å². The van der Waals surface area contributed by atoms with Gasteiger partial charge in [0.05, 0.1) is 24.2 Å². The quantitative estimate of drug-likeness (QED) is 0.804. The lowest BCUT2D eigenvalue weighted by atomic mass is 10.4. The van der Waals surface area contributed by atoms with Crippen molar-refractivity contribution in [2.24, 2.45) is 0 Å². The summed E-state index contributed by atoms with van der Waals surface area (Å²) in [5, 5.41) is 12.6. The van der Waals surface area contributed by atoms with Crippen LogP contribution in [0.15, 0.2) is 33.9 Å². The molecule has 0 aliphatic heterocycles. The molecule has 0 aromatic carbocycles. The molecule has 7 nitrogen and oxygen atoms in total. The van der Waals surface area contributed by atoms with Gasteiger partial charge in [0.15, 0.2) is 5.76 Å². The van der Waals surface area contributed by atoms with Crippen LogP contribution in [0.1, 0.15) is 18.4 Å². The van der Waals surface area contributed by atoms with Gasteiger partial charge in [0.2, 0.25) is 10.0 Å². The topological polar surface area (TPSA) is 97.4 Å². The Kier molecular flexibility index (Phi) is 4.03. The lowest BCUT2D eigenvalue weighted by Gasteiger charge is -2.02. The van der Waals surface area contributed by atoms with Gasteiger partial charge in [0.25, 0.3) is 0 Å². The Labute approximate surface area is 110 Å². The summed E-state index contributed by atoms with van der Waals surface area (Å²) in [5.74, 6) is 0.431. The minimum atomic E-state index is -3.63. The Bertz CT molecular complexity index is 609. The summed E-state index contributed by atoms with van der Waals surface area (Å²) in [4.78, 5) is 0.123. The van der Waals surface area contributed by atoms with E-state index < -0.39 is 10.0 Å². The highest BCUT2D eigenvalue weighted by molar-refractivity contribution is 7.89. The van der Waals surface area contributed by atoms with Crippen molar-refractivity contribution in [2.45, 2.75) is 31.5 Å². The monoisotopic (exact) mass is 285 g/mol. The van der Waals surface area contributed by atoms with Crippen molar-refractivity contribution in [3.8, 4) is 0 Å². The minimum Gasteiger partial charge on any atom is -0.390 e. The number of hydrogen-bond donors (Lipinski definition) is 2. The van der Waals surface area contributed by atoms with Crippen LogP contribution in [0.3, 0.4) is 0 Å². The number of nitrogens with one attached hydrogen (secondary N) is 1. The maximum Gasteiger partial charge on any atom is 0.242 e. The summed E-state index contributed by atoms with van der Waals surface area (Å²) in [7, 11) is -3.63. The van der Waals surface area contributed by atoms with Crippen LogP contribution in [0.4, 0.5) is 0 Å². The molecule has 0 amide bonds. The van der Waals surface area contributed by atoms with E-state index in [4.69, 9.17) is 9.63 Å². The van der Waals surface area contributed by atoms with E-state index >= 15 is 0 Å². The molecule has 0 aliphatic carbocycles. The second-order valence-corrected chi connectivity index (χ2v) is 5.68. The van der Waals surface area contributed by atoms with Crippen LogP contribution in [-0.4, -0.2) is 23.2 Å². The van der Waals surface area contributed by atoms with Crippen molar-refractivity contribution in [1.29, 1.82) is 0 Å². The smallest absolute Gasteiger partial charge is 0.242 e. The number of hydrogen-bond acceptors (Lipinski definition) is 5. The van der Waals surface area contributed by atoms with Gasteiger partial charge in [-0.3, -0.25) is 0 Å². The van der Waals surface area contributed by atoms with E-state index in [1.807, 2.05) is 6.92 Å². The first kappa shape index (κ1) is 13.8. The molecule has 0 spiro atoms. The highest BCUT2D eigenvalue weighted by atomic mass is 32.2. The van der Waals surface area contributed by atoms with Gasteiger partial charge in [0.1, 0.15) is 0 Å². The third-order valence-corrected chi connectivity index (χ3v) is 4.07. The van der Waals surface area contributed by atoms with E-state index in [1.165, 1.54) is 18.5 Å². The number of sulfonamides is 1. The van der Waals surface area contributed by atoms with Crippen molar-refractivity contribution in [3.63, 3.8) is 0 Å². The molecule has 2 rings (SSSR count). The zero-order valence-electron chi connectivity index (χ0n) is 10.4. The van der Waals surface area contributed by atoms with Crippen LogP contribution in [0, 0.1) is 0 Å². The molecule has 19 heavy (non-hydrogen) atoms. The molecule has 0 fully saturated rings. The molecule has 0 saturated carbocycles. The largest absolute Gasteiger partial charge is 0.390 e. The molecule has 2 aromatic rings. The normalized spacial score (nSPS) is 11.9. The standard InChI is InChI=1S/C11H15N3O4S/c1-2-14-7-11(5-9(14)8-15)19(16,17)13-6-10-3-4-12-18-10/h3-5,7,13,15H,2,6,8H2,1H3. The zero-order valence-corrected chi connectivity index (χ0v) is 11.2. The molecule has 2 heterocycles. The van der Waals surface area contributed by atoms with Crippen LogP contribution in [0.25, 0.3) is 0 Å². The summed E-state index contributed by atoms with van der Waals surface area (Å²) in [5.41, 5.74) is 0.558. The van der Waals surface area contributed by atoms with Crippen molar-refractivity contribution >= 4 is 10.0 Å². The van der Waals surface area contributed by atoms with Gasteiger partial charge < -0.3 is 14.2 Å². The summed E-state index contributed by atoms with van der Waals surface area (Å²) in [6.45, 7) is 2.30. The van der Waals surface area contributed by atoms with E-state index in [9.17, 15) is 8.42 Å². The van der Waals surface area contributed by atoms with Gasteiger partial charge in [-0.2, -0.15) is 0 Å². The van der Waals surface area contributed by atoms with Crippen LogP contribution >= 0.6 is 0 Å². The summed E-state index contributed by atoms with van der Waals surface area (Å²) in [6, 6.07) is 3.03. The van der Waals surface area contributed by atoms with Crippen LogP contribution in [0.2, 0.25) is 0 Å². The molecule has 0 unspecified atom stereocenters. The van der Waals surface area contributed by atoms with Crippen molar-refractivity contribution in [1.82, 2.24) is 14.4 Å². The Morgan fingerprint density at radius 2 is 2.32 bits per heavy atom. The third kappa shape index (κ3) is 3.03. The Balaban J connectivity index is 2.17. The summed E-state index contributed by atoms with van der Waals surface area (Å²) in [6.07, 6.45) is 2.94. The Morgan fingerprint density at radius 3 is 2.84 bits per heavy atom. The van der Waals surface area contributed by atoms with Gasteiger partial charge >= 0.3 is 0 Å². The lowest BCUT2D eigenvalue weighted by molar-refractivity contribution is 0.271. The number of aliphatic hydroxyl groups is 1. The van der Waals surface area contributed by atoms with Crippen LogP contribution in [0.5, 0.6) is 0 Å². The van der Waals surface area contributed by atoms with Crippen molar-refractivity contribution in [3.05, 3.63) is 36.0 Å². The molecule has 2 aromatic heterocycles. The first-order chi connectivity index (χ1) is 9.06. The average Bonchev–Trinajstić information content (AvgIpc) is 3.05. The fraction of sp³-hybridized carbons (Fsp3) is 0.364.